The zero-order valence-corrected chi connectivity index (χ0v) is 17.1. The minimum atomic E-state index is -0.958. The molecule has 2 heterocycles. The molecule has 150 valence electrons. The standard InChI is InChI=1S/C23H24N2O3S/c1-25-13-11-18(12-14-25)28-22(23-24-19-7-2-3-8-20(19)29-23)17-6-4-5-16(15-17)9-10-21(26)27/h2-10,15,18,22H,11-14H2,1H3,(H,26,27). The Kier molecular flexibility index (Phi) is 6.04. The number of ether oxygens (including phenoxy) is 1. The average molecular weight is 409 g/mol. The van der Waals surface area contributed by atoms with Crippen molar-refractivity contribution in [2.24, 2.45) is 0 Å². The monoisotopic (exact) mass is 408 g/mol. The molecule has 0 spiro atoms. The molecule has 1 aromatic heterocycles. The molecule has 1 atom stereocenters. The number of hydrogen-bond donors (Lipinski definition) is 1. The number of hydrogen-bond acceptors (Lipinski definition) is 5. The number of rotatable bonds is 6. The van der Waals surface area contributed by atoms with E-state index in [1.54, 1.807) is 17.4 Å². The summed E-state index contributed by atoms with van der Waals surface area (Å²) in [6.07, 6.45) is 4.67. The van der Waals surface area contributed by atoms with Crippen LogP contribution in [0.15, 0.2) is 54.6 Å². The lowest BCUT2D eigenvalue weighted by Gasteiger charge is -2.31. The lowest BCUT2D eigenvalue weighted by Crippen LogP contribution is -2.35. The van der Waals surface area contributed by atoms with Gasteiger partial charge < -0.3 is 14.7 Å². The van der Waals surface area contributed by atoms with Crippen molar-refractivity contribution in [2.45, 2.75) is 25.0 Å². The Bertz CT molecular complexity index is 989. The van der Waals surface area contributed by atoms with Gasteiger partial charge in [0.1, 0.15) is 11.1 Å². The number of carboxylic acid groups (broad SMARTS) is 1. The Morgan fingerprint density at radius 1 is 1.24 bits per heavy atom. The summed E-state index contributed by atoms with van der Waals surface area (Å²) in [4.78, 5) is 18.0. The summed E-state index contributed by atoms with van der Waals surface area (Å²) in [5.41, 5.74) is 2.81. The van der Waals surface area contributed by atoms with Gasteiger partial charge >= 0.3 is 5.97 Å². The van der Waals surface area contributed by atoms with Crippen LogP contribution in [0.3, 0.4) is 0 Å². The van der Waals surface area contributed by atoms with Crippen molar-refractivity contribution >= 4 is 33.6 Å². The molecular weight excluding hydrogens is 384 g/mol. The van der Waals surface area contributed by atoms with Crippen molar-refractivity contribution in [1.82, 2.24) is 9.88 Å². The van der Waals surface area contributed by atoms with E-state index >= 15 is 0 Å². The maximum absolute atomic E-state index is 10.9. The van der Waals surface area contributed by atoms with Gasteiger partial charge in [-0.05, 0) is 55.3 Å². The van der Waals surface area contributed by atoms with Crippen LogP contribution >= 0.6 is 11.3 Å². The fraction of sp³-hybridized carbons (Fsp3) is 0.304. The molecule has 29 heavy (non-hydrogen) atoms. The number of nitrogens with zero attached hydrogens (tertiary/aromatic N) is 2. The number of piperidine rings is 1. The normalized spacial score (nSPS) is 17.1. The quantitative estimate of drug-likeness (QED) is 0.604. The van der Waals surface area contributed by atoms with E-state index < -0.39 is 5.97 Å². The SMILES string of the molecule is CN1CCC(OC(c2cccc(C=CC(=O)O)c2)c2nc3ccccc3s2)CC1. The summed E-state index contributed by atoms with van der Waals surface area (Å²) in [6, 6.07) is 16.0. The highest BCUT2D eigenvalue weighted by Crippen LogP contribution is 2.35. The molecule has 0 amide bonds. The molecule has 1 N–H and O–H groups in total. The van der Waals surface area contributed by atoms with Crippen LogP contribution in [0.2, 0.25) is 0 Å². The predicted molar refractivity (Wildman–Crippen MR) is 116 cm³/mol. The van der Waals surface area contributed by atoms with Crippen molar-refractivity contribution < 1.29 is 14.6 Å². The number of likely N-dealkylation sites (tertiary alicyclic amines) is 1. The van der Waals surface area contributed by atoms with Crippen LogP contribution in [0.5, 0.6) is 0 Å². The number of carbonyl (C=O) groups is 1. The third kappa shape index (κ3) is 4.90. The first kappa shape index (κ1) is 19.8. The third-order valence-corrected chi connectivity index (χ3v) is 6.24. The Hall–Kier alpha value is -2.54. The largest absolute Gasteiger partial charge is 0.478 e. The summed E-state index contributed by atoms with van der Waals surface area (Å²) in [6.45, 7) is 2.05. The maximum atomic E-state index is 10.9. The van der Waals surface area contributed by atoms with Crippen LogP contribution in [-0.2, 0) is 9.53 Å². The summed E-state index contributed by atoms with van der Waals surface area (Å²) in [5, 5.41) is 9.86. The molecule has 1 fully saturated rings. The highest BCUT2D eigenvalue weighted by atomic mass is 32.1. The zero-order chi connectivity index (χ0) is 20.2. The first-order chi connectivity index (χ1) is 14.1. The lowest BCUT2D eigenvalue weighted by atomic mass is 10.0. The predicted octanol–water partition coefficient (Wildman–Crippen LogP) is 4.59. The molecular formula is C23H24N2O3S. The van der Waals surface area contributed by atoms with Gasteiger partial charge in [0, 0.05) is 19.2 Å². The van der Waals surface area contributed by atoms with Crippen molar-refractivity contribution in [3.05, 3.63) is 70.7 Å². The first-order valence-corrected chi connectivity index (χ1v) is 10.6. The Morgan fingerprint density at radius 2 is 2.03 bits per heavy atom. The highest BCUT2D eigenvalue weighted by Gasteiger charge is 2.26. The van der Waals surface area contributed by atoms with Gasteiger partial charge in [-0.2, -0.15) is 0 Å². The van der Waals surface area contributed by atoms with Crippen LogP contribution in [-0.4, -0.2) is 47.2 Å². The number of aromatic nitrogens is 1. The highest BCUT2D eigenvalue weighted by molar-refractivity contribution is 7.18. The van der Waals surface area contributed by atoms with E-state index in [-0.39, 0.29) is 12.2 Å². The number of benzene rings is 2. The smallest absolute Gasteiger partial charge is 0.328 e. The molecule has 0 bridgehead atoms. The number of carboxylic acids is 1. The van der Waals surface area contributed by atoms with E-state index in [1.165, 1.54) is 0 Å². The van der Waals surface area contributed by atoms with Crippen molar-refractivity contribution in [2.75, 3.05) is 20.1 Å². The van der Waals surface area contributed by atoms with Gasteiger partial charge in [-0.3, -0.25) is 0 Å². The van der Waals surface area contributed by atoms with Gasteiger partial charge in [-0.1, -0.05) is 30.3 Å². The molecule has 1 saturated heterocycles. The first-order valence-electron chi connectivity index (χ1n) is 9.79. The molecule has 2 aromatic carbocycles. The Labute approximate surface area is 174 Å². The fourth-order valence-corrected chi connectivity index (χ4v) is 4.62. The van der Waals surface area contributed by atoms with E-state index in [4.69, 9.17) is 14.8 Å². The topological polar surface area (TPSA) is 62.7 Å². The lowest BCUT2D eigenvalue weighted by molar-refractivity contribution is -0.131. The number of thiazole rings is 1. The van der Waals surface area contributed by atoms with Crippen molar-refractivity contribution in [1.29, 1.82) is 0 Å². The van der Waals surface area contributed by atoms with Gasteiger partial charge in [-0.25, -0.2) is 9.78 Å². The van der Waals surface area contributed by atoms with E-state index in [1.807, 2.05) is 42.5 Å². The summed E-state index contributed by atoms with van der Waals surface area (Å²) in [5.74, 6) is -0.958. The van der Waals surface area contributed by atoms with Crippen LogP contribution in [0.25, 0.3) is 16.3 Å². The molecule has 4 rings (SSSR count). The van der Waals surface area contributed by atoms with E-state index in [9.17, 15) is 4.79 Å². The minimum absolute atomic E-state index is 0.182. The fourth-order valence-electron chi connectivity index (χ4n) is 3.59. The number of fused-ring (bicyclic) bond motifs is 1. The molecule has 0 aliphatic carbocycles. The maximum Gasteiger partial charge on any atom is 0.328 e. The van der Waals surface area contributed by atoms with Crippen LogP contribution in [0, 0.1) is 0 Å². The van der Waals surface area contributed by atoms with Gasteiger partial charge in [0.25, 0.3) is 0 Å². The number of para-hydroxylation sites is 1. The molecule has 1 unspecified atom stereocenters. The molecule has 0 radical (unpaired) electrons. The molecule has 1 aliphatic heterocycles. The second-order valence-electron chi connectivity index (χ2n) is 7.38. The van der Waals surface area contributed by atoms with Gasteiger partial charge in [0.15, 0.2) is 0 Å². The minimum Gasteiger partial charge on any atom is -0.478 e. The molecule has 5 nitrogen and oxygen atoms in total. The zero-order valence-electron chi connectivity index (χ0n) is 16.3. The van der Waals surface area contributed by atoms with E-state index in [0.717, 1.165) is 58.4 Å². The van der Waals surface area contributed by atoms with E-state index in [2.05, 4.69) is 18.0 Å². The van der Waals surface area contributed by atoms with E-state index in [0.29, 0.717) is 0 Å². The molecule has 1 aliphatic rings. The van der Waals surface area contributed by atoms with Crippen LogP contribution < -0.4 is 0 Å². The number of aliphatic carboxylic acids is 1. The summed E-state index contributed by atoms with van der Waals surface area (Å²) < 4.78 is 7.74. The van der Waals surface area contributed by atoms with Crippen LogP contribution in [0.1, 0.15) is 35.1 Å². The second-order valence-corrected chi connectivity index (χ2v) is 8.44. The van der Waals surface area contributed by atoms with Gasteiger partial charge in [0.05, 0.1) is 16.3 Å². The van der Waals surface area contributed by atoms with Crippen molar-refractivity contribution in [3.8, 4) is 0 Å². The second kappa shape index (κ2) is 8.86. The molecule has 0 saturated carbocycles. The molecule has 3 aromatic rings. The third-order valence-electron chi connectivity index (χ3n) is 5.16. The van der Waals surface area contributed by atoms with Gasteiger partial charge in [0.2, 0.25) is 0 Å². The van der Waals surface area contributed by atoms with Gasteiger partial charge in [-0.15, -0.1) is 11.3 Å². The molecule has 6 heteroatoms. The summed E-state index contributed by atoms with van der Waals surface area (Å²) in [7, 11) is 2.14. The Balaban J connectivity index is 1.68. The average Bonchev–Trinajstić information content (AvgIpc) is 3.16. The van der Waals surface area contributed by atoms with Crippen LogP contribution in [0.4, 0.5) is 0 Å². The summed E-state index contributed by atoms with van der Waals surface area (Å²) >= 11 is 1.65. The van der Waals surface area contributed by atoms with Crippen molar-refractivity contribution in [3.63, 3.8) is 0 Å². The Morgan fingerprint density at radius 3 is 2.79 bits per heavy atom.